The summed E-state index contributed by atoms with van der Waals surface area (Å²) in [6, 6.07) is 0. The maximum atomic E-state index is 6.75. The Hall–Kier alpha value is -0.380. The SMILES string of the molecule is C[C@@H]1CC[C@@H]2[C@@H](C1)O[C@@H]1N(C[C@H]3[C@H](C)[C@@H]4C=C[C@]13O4)C2(C)C. The summed E-state index contributed by atoms with van der Waals surface area (Å²) in [5, 5.41) is 0. The van der Waals surface area contributed by atoms with Gasteiger partial charge in [-0.3, -0.25) is 4.90 Å². The van der Waals surface area contributed by atoms with Gasteiger partial charge >= 0.3 is 0 Å². The summed E-state index contributed by atoms with van der Waals surface area (Å²) in [5.41, 5.74) is 0.0643. The first-order chi connectivity index (χ1) is 10.4. The van der Waals surface area contributed by atoms with Crippen molar-refractivity contribution in [2.24, 2.45) is 23.7 Å². The minimum atomic E-state index is -0.160. The van der Waals surface area contributed by atoms with Crippen LogP contribution in [0.15, 0.2) is 12.2 Å². The van der Waals surface area contributed by atoms with E-state index in [-0.39, 0.29) is 17.4 Å². The van der Waals surface area contributed by atoms with Crippen LogP contribution in [0, 0.1) is 23.7 Å². The van der Waals surface area contributed by atoms with E-state index in [2.05, 4.69) is 44.7 Å². The fourth-order valence-corrected chi connectivity index (χ4v) is 6.26. The highest BCUT2D eigenvalue weighted by Gasteiger charge is 2.69. The van der Waals surface area contributed by atoms with Gasteiger partial charge in [-0.25, -0.2) is 0 Å². The van der Waals surface area contributed by atoms with Crippen LogP contribution in [0.3, 0.4) is 0 Å². The largest absolute Gasteiger partial charge is 0.359 e. The Bertz CT molecular complexity index is 530. The Labute approximate surface area is 134 Å². The summed E-state index contributed by atoms with van der Waals surface area (Å²) in [5.74, 6) is 2.69. The molecule has 5 rings (SSSR count). The Morgan fingerprint density at radius 1 is 1.14 bits per heavy atom. The van der Waals surface area contributed by atoms with Gasteiger partial charge in [-0.2, -0.15) is 0 Å². The second-order valence-corrected chi connectivity index (χ2v) is 9.12. The second-order valence-electron chi connectivity index (χ2n) is 9.12. The average molecular weight is 303 g/mol. The number of hydrogen-bond donors (Lipinski definition) is 0. The molecular weight excluding hydrogens is 274 g/mol. The Morgan fingerprint density at radius 2 is 1.95 bits per heavy atom. The fourth-order valence-electron chi connectivity index (χ4n) is 6.26. The summed E-state index contributed by atoms with van der Waals surface area (Å²) in [6.07, 6.45) is 9.39. The quantitative estimate of drug-likeness (QED) is 0.642. The second kappa shape index (κ2) is 4.17. The van der Waals surface area contributed by atoms with Crippen LogP contribution in [0.1, 0.15) is 47.0 Å². The fraction of sp³-hybridized carbons (Fsp3) is 0.895. The predicted octanol–water partition coefficient (Wildman–Crippen LogP) is 3.20. The van der Waals surface area contributed by atoms with E-state index in [0.29, 0.717) is 30.0 Å². The molecule has 3 heteroatoms. The van der Waals surface area contributed by atoms with Crippen molar-refractivity contribution in [2.45, 2.75) is 76.5 Å². The smallest absolute Gasteiger partial charge is 0.144 e. The normalized spacial score (nSPS) is 58.5. The highest BCUT2D eigenvalue weighted by atomic mass is 16.6. The van der Waals surface area contributed by atoms with Crippen molar-refractivity contribution in [1.82, 2.24) is 4.90 Å². The molecule has 0 aromatic carbocycles. The summed E-state index contributed by atoms with van der Waals surface area (Å²) in [7, 11) is 0. The third kappa shape index (κ3) is 1.49. The Kier molecular flexibility index (Phi) is 2.66. The topological polar surface area (TPSA) is 21.7 Å². The van der Waals surface area contributed by atoms with Crippen LogP contribution >= 0.6 is 0 Å². The van der Waals surface area contributed by atoms with Crippen LogP contribution in [0.4, 0.5) is 0 Å². The van der Waals surface area contributed by atoms with E-state index in [4.69, 9.17) is 9.47 Å². The molecule has 2 bridgehead atoms. The van der Waals surface area contributed by atoms with Crippen LogP contribution in [0.25, 0.3) is 0 Å². The highest BCUT2D eigenvalue weighted by Crippen LogP contribution is 2.59. The average Bonchev–Trinajstić information content (AvgIpc) is 3.10. The minimum absolute atomic E-state index is 0.130. The van der Waals surface area contributed by atoms with Crippen molar-refractivity contribution in [3.8, 4) is 0 Å². The molecular formula is C19H29NO2. The number of hydrogen-bond acceptors (Lipinski definition) is 3. The van der Waals surface area contributed by atoms with Gasteiger partial charge in [0, 0.05) is 23.9 Å². The van der Waals surface area contributed by atoms with E-state index in [0.717, 1.165) is 12.5 Å². The Balaban J connectivity index is 1.54. The molecule has 1 aliphatic carbocycles. The first-order valence-electron chi connectivity index (χ1n) is 9.23. The van der Waals surface area contributed by atoms with Gasteiger partial charge in [-0.1, -0.05) is 26.3 Å². The number of nitrogens with zero attached hydrogens (tertiary/aromatic N) is 1. The summed E-state index contributed by atoms with van der Waals surface area (Å²) < 4.78 is 13.2. The van der Waals surface area contributed by atoms with Crippen molar-refractivity contribution in [2.75, 3.05) is 6.54 Å². The maximum absolute atomic E-state index is 6.75. The Morgan fingerprint density at radius 3 is 2.77 bits per heavy atom. The molecule has 0 unspecified atom stereocenters. The molecule has 4 aliphatic heterocycles. The number of fused-ring (bicyclic) bond motifs is 3. The van der Waals surface area contributed by atoms with E-state index >= 15 is 0 Å². The van der Waals surface area contributed by atoms with Crippen molar-refractivity contribution in [3.05, 3.63) is 12.2 Å². The first-order valence-corrected chi connectivity index (χ1v) is 9.23. The molecule has 3 saturated heterocycles. The van der Waals surface area contributed by atoms with Crippen LogP contribution in [-0.2, 0) is 9.47 Å². The van der Waals surface area contributed by atoms with Gasteiger partial charge < -0.3 is 9.47 Å². The zero-order valence-corrected chi connectivity index (χ0v) is 14.3. The highest BCUT2D eigenvalue weighted by molar-refractivity contribution is 5.29. The van der Waals surface area contributed by atoms with Crippen molar-refractivity contribution < 1.29 is 9.47 Å². The monoisotopic (exact) mass is 303 g/mol. The van der Waals surface area contributed by atoms with Crippen LogP contribution in [0.2, 0.25) is 0 Å². The standard InChI is InChI=1S/C19H29NO2/c1-11-5-6-13-16(9-11)21-17-19-8-7-15(22-19)12(2)14(19)10-20(17)18(13,3)4/h7-8,11-17H,5-6,9-10H2,1-4H3/t11-,12+,13-,14+,15+,16-,17+,19-/m1/s1. The molecule has 122 valence electrons. The van der Waals surface area contributed by atoms with Gasteiger partial charge in [0.1, 0.15) is 11.8 Å². The molecule has 0 aromatic heterocycles. The molecule has 4 heterocycles. The van der Waals surface area contributed by atoms with Crippen LogP contribution in [-0.4, -0.2) is 41.0 Å². The minimum Gasteiger partial charge on any atom is -0.359 e. The lowest BCUT2D eigenvalue weighted by atomic mass is 9.70. The summed E-state index contributed by atoms with van der Waals surface area (Å²) >= 11 is 0. The van der Waals surface area contributed by atoms with E-state index in [1.54, 1.807) is 0 Å². The molecule has 22 heavy (non-hydrogen) atoms. The first kappa shape index (κ1) is 14.0. The molecule has 1 spiro atoms. The lowest BCUT2D eigenvalue weighted by molar-refractivity contribution is -0.254. The van der Waals surface area contributed by atoms with Crippen LogP contribution in [0.5, 0.6) is 0 Å². The van der Waals surface area contributed by atoms with E-state index < -0.39 is 0 Å². The third-order valence-corrected chi connectivity index (χ3v) is 7.69. The zero-order valence-electron chi connectivity index (χ0n) is 14.3. The van der Waals surface area contributed by atoms with Gasteiger partial charge in [0.15, 0.2) is 0 Å². The molecule has 5 aliphatic rings. The van der Waals surface area contributed by atoms with Gasteiger partial charge in [-0.15, -0.1) is 0 Å². The molecule has 8 atom stereocenters. The van der Waals surface area contributed by atoms with Crippen molar-refractivity contribution in [1.29, 1.82) is 0 Å². The van der Waals surface area contributed by atoms with E-state index in [1.807, 2.05) is 0 Å². The lowest BCUT2D eigenvalue weighted by Gasteiger charge is -2.56. The lowest BCUT2D eigenvalue weighted by Crippen LogP contribution is -2.65. The van der Waals surface area contributed by atoms with Crippen molar-refractivity contribution >= 4 is 0 Å². The number of ether oxygens (including phenoxy) is 2. The third-order valence-electron chi connectivity index (χ3n) is 7.69. The molecule has 4 fully saturated rings. The van der Waals surface area contributed by atoms with Gasteiger partial charge in [-0.05, 0) is 44.6 Å². The van der Waals surface area contributed by atoms with Crippen LogP contribution < -0.4 is 0 Å². The molecule has 1 saturated carbocycles. The van der Waals surface area contributed by atoms with Gasteiger partial charge in [0.2, 0.25) is 0 Å². The van der Waals surface area contributed by atoms with Gasteiger partial charge in [0.25, 0.3) is 0 Å². The summed E-state index contributed by atoms with van der Waals surface area (Å²) in [4.78, 5) is 2.65. The van der Waals surface area contributed by atoms with E-state index in [9.17, 15) is 0 Å². The predicted molar refractivity (Wildman–Crippen MR) is 85.3 cm³/mol. The maximum Gasteiger partial charge on any atom is 0.144 e. The molecule has 3 nitrogen and oxygen atoms in total. The molecule has 0 aromatic rings. The molecule has 0 N–H and O–H groups in total. The zero-order chi connectivity index (χ0) is 15.3. The van der Waals surface area contributed by atoms with Gasteiger partial charge in [0.05, 0.1) is 12.2 Å². The molecule has 0 amide bonds. The summed E-state index contributed by atoms with van der Waals surface area (Å²) in [6.45, 7) is 10.8. The number of rotatable bonds is 0. The molecule has 0 radical (unpaired) electrons. The van der Waals surface area contributed by atoms with Crippen molar-refractivity contribution in [3.63, 3.8) is 0 Å². The van der Waals surface area contributed by atoms with E-state index in [1.165, 1.54) is 19.3 Å².